The van der Waals surface area contributed by atoms with Crippen molar-refractivity contribution in [2.24, 2.45) is 0 Å². The SMILES string of the molecule is C=CCOC(=O)c1cc(C)c(C)c(C(=O)O)c1NS(=O)(=O)O. The van der Waals surface area contributed by atoms with Gasteiger partial charge in [-0.05, 0) is 31.0 Å². The molecule has 3 N–H and O–H groups in total. The molecule has 0 fully saturated rings. The van der Waals surface area contributed by atoms with Crippen molar-refractivity contribution in [1.29, 1.82) is 0 Å². The highest BCUT2D eigenvalue weighted by atomic mass is 32.2. The van der Waals surface area contributed by atoms with Crippen LogP contribution in [0.1, 0.15) is 31.8 Å². The number of benzene rings is 1. The summed E-state index contributed by atoms with van der Waals surface area (Å²) in [6.45, 7) is 6.23. The topological polar surface area (TPSA) is 130 Å². The van der Waals surface area contributed by atoms with Gasteiger partial charge in [-0.15, -0.1) is 0 Å². The molecule has 0 aliphatic heterocycles. The smallest absolute Gasteiger partial charge is 0.357 e. The maximum Gasteiger partial charge on any atom is 0.357 e. The molecule has 0 aliphatic rings. The largest absolute Gasteiger partial charge is 0.478 e. The first-order valence-corrected chi connectivity index (χ1v) is 7.43. The molecule has 0 atom stereocenters. The van der Waals surface area contributed by atoms with Gasteiger partial charge in [0.25, 0.3) is 0 Å². The molecule has 0 spiro atoms. The summed E-state index contributed by atoms with van der Waals surface area (Å²) in [5.74, 6) is -2.40. The number of aryl methyl sites for hydroxylation is 1. The number of esters is 1. The Balaban J connectivity index is 3.63. The molecule has 0 unspecified atom stereocenters. The van der Waals surface area contributed by atoms with E-state index >= 15 is 0 Å². The van der Waals surface area contributed by atoms with Gasteiger partial charge in [-0.25, -0.2) is 9.59 Å². The molecule has 0 aliphatic carbocycles. The fourth-order valence-electron chi connectivity index (χ4n) is 1.79. The molecule has 0 saturated heterocycles. The van der Waals surface area contributed by atoms with Gasteiger partial charge < -0.3 is 9.84 Å². The Bertz CT molecular complexity index is 737. The lowest BCUT2D eigenvalue weighted by Gasteiger charge is -2.16. The summed E-state index contributed by atoms with van der Waals surface area (Å²) in [7, 11) is -4.78. The third-order valence-corrected chi connectivity index (χ3v) is 3.31. The zero-order valence-electron chi connectivity index (χ0n) is 11.9. The lowest BCUT2D eigenvalue weighted by Crippen LogP contribution is -2.20. The first-order valence-electron chi connectivity index (χ1n) is 5.99. The minimum atomic E-state index is -4.78. The third kappa shape index (κ3) is 4.06. The monoisotopic (exact) mass is 329 g/mol. The van der Waals surface area contributed by atoms with E-state index in [0.717, 1.165) is 0 Å². The van der Waals surface area contributed by atoms with Crippen molar-refractivity contribution in [2.75, 3.05) is 11.3 Å². The van der Waals surface area contributed by atoms with Gasteiger partial charge in [-0.1, -0.05) is 12.7 Å². The van der Waals surface area contributed by atoms with E-state index in [4.69, 9.17) is 9.29 Å². The molecule has 1 aromatic rings. The van der Waals surface area contributed by atoms with Crippen LogP contribution in [0.3, 0.4) is 0 Å². The van der Waals surface area contributed by atoms with Gasteiger partial charge in [0.05, 0.1) is 16.8 Å². The van der Waals surface area contributed by atoms with Gasteiger partial charge in [0, 0.05) is 0 Å². The summed E-state index contributed by atoms with van der Waals surface area (Å²) in [6, 6.07) is 1.28. The normalized spacial score (nSPS) is 10.9. The minimum absolute atomic E-state index is 0.139. The summed E-state index contributed by atoms with van der Waals surface area (Å²) in [6.07, 6.45) is 1.30. The Labute approximate surface area is 127 Å². The summed E-state index contributed by atoms with van der Waals surface area (Å²) in [5, 5.41) is 9.27. The van der Waals surface area contributed by atoms with Crippen molar-refractivity contribution in [1.82, 2.24) is 0 Å². The van der Waals surface area contributed by atoms with E-state index in [2.05, 4.69) is 6.58 Å². The Morgan fingerprint density at radius 3 is 2.45 bits per heavy atom. The van der Waals surface area contributed by atoms with Crippen LogP contribution in [0.5, 0.6) is 0 Å². The fourth-order valence-corrected chi connectivity index (χ4v) is 2.26. The third-order valence-electron chi connectivity index (χ3n) is 2.84. The van der Waals surface area contributed by atoms with E-state index in [1.165, 1.54) is 19.1 Å². The van der Waals surface area contributed by atoms with Crippen molar-refractivity contribution in [3.05, 3.63) is 41.0 Å². The van der Waals surface area contributed by atoms with E-state index in [9.17, 15) is 23.1 Å². The number of carboxylic acids is 1. The van der Waals surface area contributed by atoms with E-state index in [0.29, 0.717) is 5.56 Å². The van der Waals surface area contributed by atoms with Gasteiger partial charge in [0.15, 0.2) is 0 Å². The molecule has 0 amide bonds. The van der Waals surface area contributed by atoms with Gasteiger partial charge in [-0.2, -0.15) is 8.42 Å². The van der Waals surface area contributed by atoms with E-state index in [1.807, 2.05) is 0 Å². The number of aromatic carboxylic acids is 1. The highest BCUT2D eigenvalue weighted by molar-refractivity contribution is 7.87. The molecule has 1 rings (SSSR count). The van der Waals surface area contributed by atoms with Crippen molar-refractivity contribution in [3.8, 4) is 0 Å². The molecule has 0 heterocycles. The van der Waals surface area contributed by atoms with E-state index in [-0.39, 0.29) is 17.7 Å². The quantitative estimate of drug-likeness (QED) is 0.410. The Morgan fingerprint density at radius 1 is 1.41 bits per heavy atom. The molecule has 0 radical (unpaired) electrons. The van der Waals surface area contributed by atoms with Gasteiger partial charge in [0.1, 0.15) is 6.61 Å². The molecular formula is C13H15NO7S. The van der Waals surface area contributed by atoms with Crippen LogP contribution in [0.25, 0.3) is 0 Å². The van der Waals surface area contributed by atoms with Crippen molar-refractivity contribution >= 4 is 27.9 Å². The van der Waals surface area contributed by atoms with E-state index < -0.39 is 33.5 Å². The first-order chi connectivity index (χ1) is 10.1. The second-order valence-electron chi connectivity index (χ2n) is 4.39. The van der Waals surface area contributed by atoms with Crippen LogP contribution < -0.4 is 4.72 Å². The predicted molar refractivity (Wildman–Crippen MR) is 78.5 cm³/mol. The Kier molecular flexibility index (Phi) is 5.28. The summed E-state index contributed by atoms with van der Waals surface area (Å²) >= 11 is 0. The summed E-state index contributed by atoms with van der Waals surface area (Å²) in [5.41, 5.74) is -0.613. The zero-order chi connectivity index (χ0) is 17.1. The molecule has 9 heteroatoms. The van der Waals surface area contributed by atoms with Crippen LogP contribution in [-0.4, -0.2) is 36.6 Å². The second-order valence-corrected chi connectivity index (χ2v) is 5.54. The maximum atomic E-state index is 12.0. The van der Waals surface area contributed by atoms with Crippen LogP contribution in [0.4, 0.5) is 5.69 Å². The van der Waals surface area contributed by atoms with E-state index in [1.54, 1.807) is 11.6 Å². The van der Waals surface area contributed by atoms with Gasteiger partial charge in [0.2, 0.25) is 0 Å². The molecule has 120 valence electrons. The average Bonchev–Trinajstić information content (AvgIpc) is 2.38. The van der Waals surface area contributed by atoms with Crippen molar-refractivity contribution in [3.63, 3.8) is 0 Å². The minimum Gasteiger partial charge on any atom is -0.478 e. The number of carbonyl (C=O) groups excluding carboxylic acids is 1. The molecular weight excluding hydrogens is 314 g/mol. The predicted octanol–water partition coefficient (Wildman–Crippen LogP) is 1.56. The standard InChI is InChI=1S/C13H15NO7S/c1-4-5-21-13(17)9-6-7(2)8(3)10(12(15)16)11(9)14-22(18,19)20/h4,6,14H,1,5H2,2-3H3,(H,15,16)(H,18,19,20). The van der Waals surface area contributed by atoms with Crippen molar-refractivity contribution < 1.29 is 32.4 Å². The molecule has 0 bridgehead atoms. The first kappa shape index (κ1) is 17.7. The maximum absolute atomic E-state index is 12.0. The van der Waals surface area contributed by atoms with Gasteiger partial charge >= 0.3 is 22.2 Å². The Morgan fingerprint density at radius 2 is 2.00 bits per heavy atom. The average molecular weight is 329 g/mol. The van der Waals surface area contributed by atoms with Crippen LogP contribution in [0, 0.1) is 13.8 Å². The Hall–Kier alpha value is -2.39. The number of anilines is 1. The highest BCUT2D eigenvalue weighted by Gasteiger charge is 2.26. The van der Waals surface area contributed by atoms with Crippen LogP contribution in [0.2, 0.25) is 0 Å². The molecule has 1 aromatic carbocycles. The van der Waals surface area contributed by atoms with Crippen LogP contribution in [-0.2, 0) is 15.0 Å². The number of carbonyl (C=O) groups is 2. The molecule has 22 heavy (non-hydrogen) atoms. The number of hydrogen-bond acceptors (Lipinski definition) is 5. The zero-order valence-corrected chi connectivity index (χ0v) is 12.7. The van der Waals surface area contributed by atoms with Crippen LogP contribution >= 0.6 is 0 Å². The number of ether oxygens (including phenoxy) is 1. The number of rotatable bonds is 6. The number of carboxylic acid groups (broad SMARTS) is 1. The highest BCUT2D eigenvalue weighted by Crippen LogP contribution is 2.29. The lowest BCUT2D eigenvalue weighted by molar-refractivity contribution is 0.0551. The van der Waals surface area contributed by atoms with Crippen LogP contribution in [0.15, 0.2) is 18.7 Å². The molecule has 0 aromatic heterocycles. The van der Waals surface area contributed by atoms with Gasteiger partial charge in [-0.3, -0.25) is 9.27 Å². The second kappa shape index (κ2) is 6.58. The number of nitrogens with one attached hydrogen (secondary N) is 1. The summed E-state index contributed by atoms with van der Waals surface area (Å²) < 4.78 is 37.4. The summed E-state index contributed by atoms with van der Waals surface area (Å²) in [4.78, 5) is 23.4. The molecule has 0 saturated carbocycles. The molecule has 8 nitrogen and oxygen atoms in total. The lowest BCUT2D eigenvalue weighted by atomic mass is 9.97. The number of hydrogen-bond donors (Lipinski definition) is 3. The van der Waals surface area contributed by atoms with Crippen molar-refractivity contribution in [2.45, 2.75) is 13.8 Å². The fraction of sp³-hybridized carbons (Fsp3) is 0.231.